The molecule has 0 aliphatic carbocycles. The molecule has 0 aliphatic rings. The zero-order chi connectivity index (χ0) is 20.9. The number of rotatable bonds is 3. The molecule has 0 radical (unpaired) electrons. The molecule has 0 saturated heterocycles. The van der Waals surface area contributed by atoms with Crippen LogP contribution in [0.4, 0.5) is 5.69 Å². The van der Waals surface area contributed by atoms with Crippen LogP contribution in [0.2, 0.25) is 0 Å². The van der Waals surface area contributed by atoms with Gasteiger partial charge in [-0.25, -0.2) is 0 Å². The summed E-state index contributed by atoms with van der Waals surface area (Å²) in [5.74, 6) is 0. The molecule has 0 amide bonds. The number of hydrogen-bond donors (Lipinski definition) is 0. The molecule has 0 fully saturated rings. The van der Waals surface area contributed by atoms with E-state index in [-0.39, 0.29) is 10.6 Å². The van der Waals surface area contributed by atoms with Crippen molar-refractivity contribution in [1.29, 1.82) is 0 Å². The van der Waals surface area contributed by atoms with Gasteiger partial charge in [0.25, 0.3) is 5.69 Å². The Kier molecular flexibility index (Phi) is 3.77. The van der Waals surface area contributed by atoms with Crippen LogP contribution in [0, 0.1) is 10.1 Å². The average Bonchev–Trinajstić information content (AvgIpc) is 2.82. The second-order valence-corrected chi connectivity index (χ2v) is 7.86. The zero-order valence-electron chi connectivity index (χ0n) is 16.6. The van der Waals surface area contributed by atoms with E-state index in [0.717, 1.165) is 27.5 Å². The second-order valence-electron chi connectivity index (χ2n) is 7.86. The Morgan fingerprint density at radius 2 is 1.13 bits per heavy atom. The Morgan fingerprint density at radius 1 is 0.516 bits per heavy atom. The van der Waals surface area contributed by atoms with Crippen LogP contribution in [-0.2, 0) is 0 Å². The van der Waals surface area contributed by atoms with Crippen LogP contribution in [0.3, 0.4) is 0 Å². The van der Waals surface area contributed by atoms with Gasteiger partial charge in [0.1, 0.15) is 0 Å². The summed E-state index contributed by atoms with van der Waals surface area (Å²) in [5, 5.41) is 19.0. The van der Waals surface area contributed by atoms with E-state index in [2.05, 4.69) is 54.6 Å². The van der Waals surface area contributed by atoms with Crippen LogP contribution < -0.4 is 0 Å². The van der Waals surface area contributed by atoms with Gasteiger partial charge in [-0.1, -0.05) is 78.9 Å². The first-order chi connectivity index (χ1) is 15.2. The summed E-state index contributed by atoms with van der Waals surface area (Å²) in [6.07, 6.45) is 0. The maximum atomic E-state index is 12.0. The van der Waals surface area contributed by atoms with Gasteiger partial charge in [-0.15, -0.1) is 0 Å². The summed E-state index contributed by atoms with van der Waals surface area (Å²) in [4.78, 5) is 11.7. The molecule has 31 heavy (non-hydrogen) atoms. The van der Waals surface area contributed by atoms with Gasteiger partial charge in [-0.05, 0) is 67.2 Å². The van der Waals surface area contributed by atoms with Crippen molar-refractivity contribution >= 4 is 38.0 Å². The fourth-order valence-corrected chi connectivity index (χ4v) is 4.65. The Hall–Kier alpha value is -4.24. The fourth-order valence-electron chi connectivity index (χ4n) is 4.65. The van der Waals surface area contributed by atoms with Gasteiger partial charge in [-0.2, -0.15) is 0 Å². The van der Waals surface area contributed by atoms with Crippen molar-refractivity contribution in [3.8, 4) is 22.3 Å². The lowest BCUT2D eigenvalue weighted by Gasteiger charge is -2.13. The standard InChI is InChI=1S/C28H17NO2/c30-29(31)26-17-21(18-5-2-1-3-6-18)13-14-25(26)24-15-22-11-9-19-7-4-8-20-10-12-23(16-24)28(22)27(19)20/h1-17H. The minimum Gasteiger partial charge on any atom is -0.258 e. The van der Waals surface area contributed by atoms with Crippen LogP contribution in [0.25, 0.3) is 54.6 Å². The summed E-state index contributed by atoms with van der Waals surface area (Å²) in [6, 6.07) is 34.2. The zero-order valence-corrected chi connectivity index (χ0v) is 16.6. The molecule has 0 atom stereocenters. The monoisotopic (exact) mass is 399 g/mol. The molecule has 0 heterocycles. The Morgan fingerprint density at radius 3 is 1.77 bits per heavy atom. The molecule has 146 valence electrons. The van der Waals surface area contributed by atoms with Crippen molar-refractivity contribution in [1.82, 2.24) is 0 Å². The first-order valence-corrected chi connectivity index (χ1v) is 10.2. The molecule has 0 spiro atoms. The smallest absolute Gasteiger partial charge is 0.258 e. The lowest BCUT2D eigenvalue weighted by molar-refractivity contribution is -0.384. The molecule has 0 saturated carbocycles. The topological polar surface area (TPSA) is 43.1 Å². The van der Waals surface area contributed by atoms with E-state index in [1.807, 2.05) is 42.5 Å². The highest BCUT2D eigenvalue weighted by atomic mass is 16.6. The maximum absolute atomic E-state index is 12.0. The van der Waals surface area contributed by atoms with Crippen molar-refractivity contribution in [2.75, 3.05) is 0 Å². The Balaban J connectivity index is 1.60. The highest BCUT2D eigenvalue weighted by molar-refractivity contribution is 6.23. The Labute approximate surface area is 178 Å². The SMILES string of the molecule is O=[N+]([O-])c1cc(-c2ccccc2)ccc1-c1cc2ccc3cccc4ccc(c1)c2c34. The van der Waals surface area contributed by atoms with Gasteiger partial charge < -0.3 is 0 Å². The van der Waals surface area contributed by atoms with Crippen LogP contribution in [0.1, 0.15) is 0 Å². The third-order valence-electron chi connectivity index (χ3n) is 6.08. The molecular formula is C28H17NO2. The predicted octanol–water partition coefficient (Wildman–Crippen LogP) is 7.83. The summed E-state index contributed by atoms with van der Waals surface area (Å²) >= 11 is 0. The van der Waals surface area contributed by atoms with E-state index in [1.165, 1.54) is 21.5 Å². The quantitative estimate of drug-likeness (QED) is 0.173. The van der Waals surface area contributed by atoms with E-state index < -0.39 is 0 Å². The lowest BCUT2D eigenvalue weighted by Crippen LogP contribution is -1.94. The van der Waals surface area contributed by atoms with E-state index in [0.29, 0.717) is 5.56 Å². The normalized spacial score (nSPS) is 11.5. The van der Waals surface area contributed by atoms with Crippen molar-refractivity contribution in [3.63, 3.8) is 0 Å². The van der Waals surface area contributed by atoms with Crippen LogP contribution in [0.15, 0.2) is 103 Å². The first-order valence-electron chi connectivity index (χ1n) is 10.2. The molecule has 0 unspecified atom stereocenters. The van der Waals surface area contributed by atoms with Crippen molar-refractivity contribution in [2.45, 2.75) is 0 Å². The molecular weight excluding hydrogens is 382 g/mol. The lowest BCUT2D eigenvalue weighted by atomic mass is 9.90. The number of nitrogens with zero attached hydrogens (tertiary/aromatic N) is 1. The van der Waals surface area contributed by atoms with Gasteiger partial charge >= 0.3 is 0 Å². The van der Waals surface area contributed by atoms with Gasteiger partial charge in [0.15, 0.2) is 0 Å². The van der Waals surface area contributed by atoms with Gasteiger partial charge in [0.2, 0.25) is 0 Å². The predicted molar refractivity (Wildman–Crippen MR) is 128 cm³/mol. The maximum Gasteiger partial charge on any atom is 0.277 e. The molecule has 6 aromatic carbocycles. The number of benzene rings is 6. The summed E-state index contributed by atoms with van der Waals surface area (Å²) in [6.45, 7) is 0. The molecule has 0 aromatic heterocycles. The number of nitro groups is 1. The summed E-state index contributed by atoms with van der Waals surface area (Å²) < 4.78 is 0. The van der Waals surface area contributed by atoms with Crippen LogP contribution >= 0.6 is 0 Å². The summed E-state index contributed by atoms with van der Waals surface area (Å²) in [7, 11) is 0. The molecule has 0 N–H and O–H groups in total. The molecule has 3 heteroatoms. The summed E-state index contributed by atoms with van der Waals surface area (Å²) in [5.41, 5.74) is 3.42. The van der Waals surface area contributed by atoms with Gasteiger partial charge in [-0.3, -0.25) is 10.1 Å². The highest BCUT2D eigenvalue weighted by Gasteiger charge is 2.18. The third-order valence-corrected chi connectivity index (χ3v) is 6.08. The minimum absolute atomic E-state index is 0.120. The minimum atomic E-state index is -0.286. The molecule has 6 aromatic rings. The largest absolute Gasteiger partial charge is 0.277 e. The molecule has 0 aliphatic heterocycles. The highest BCUT2D eigenvalue weighted by Crippen LogP contribution is 2.40. The second kappa shape index (κ2) is 6.64. The van der Waals surface area contributed by atoms with E-state index in [1.54, 1.807) is 6.07 Å². The van der Waals surface area contributed by atoms with E-state index in [9.17, 15) is 10.1 Å². The number of hydrogen-bond acceptors (Lipinski definition) is 2. The first kappa shape index (κ1) is 17.6. The fraction of sp³-hybridized carbons (Fsp3) is 0. The van der Waals surface area contributed by atoms with Gasteiger partial charge in [0, 0.05) is 6.07 Å². The van der Waals surface area contributed by atoms with Crippen molar-refractivity contribution < 1.29 is 4.92 Å². The molecule has 0 bridgehead atoms. The third kappa shape index (κ3) is 2.75. The Bertz CT molecular complexity index is 1540. The van der Waals surface area contributed by atoms with Crippen LogP contribution in [0.5, 0.6) is 0 Å². The van der Waals surface area contributed by atoms with Crippen LogP contribution in [-0.4, -0.2) is 4.92 Å². The average molecular weight is 399 g/mol. The van der Waals surface area contributed by atoms with Crippen molar-refractivity contribution in [3.05, 3.63) is 113 Å². The van der Waals surface area contributed by atoms with Crippen molar-refractivity contribution in [2.24, 2.45) is 0 Å². The van der Waals surface area contributed by atoms with E-state index >= 15 is 0 Å². The van der Waals surface area contributed by atoms with E-state index in [4.69, 9.17) is 0 Å². The van der Waals surface area contributed by atoms with Gasteiger partial charge in [0.05, 0.1) is 10.5 Å². The molecule has 3 nitrogen and oxygen atoms in total. The molecule has 6 rings (SSSR count). The number of nitro benzene ring substituents is 1.